The first-order chi connectivity index (χ1) is 8.23. The summed E-state index contributed by atoms with van der Waals surface area (Å²) < 4.78 is 17.9. The number of aromatic hydroxyl groups is 1. The molecule has 0 aliphatic rings. The Balaban J connectivity index is 3.31. The molecule has 0 unspecified atom stereocenters. The van der Waals surface area contributed by atoms with Gasteiger partial charge in [-0.25, -0.2) is 4.39 Å². The van der Waals surface area contributed by atoms with Gasteiger partial charge in [-0.3, -0.25) is 4.79 Å². The highest BCUT2D eigenvalue weighted by Gasteiger charge is 2.39. The van der Waals surface area contributed by atoms with Crippen molar-refractivity contribution in [2.24, 2.45) is 11.1 Å². The monoisotopic (exact) mass is 275 g/mol. The van der Waals surface area contributed by atoms with Gasteiger partial charge in [0.25, 0.3) is 0 Å². The molecule has 100 valence electrons. The number of hydrogen-bond donors (Lipinski definition) is 2. The number of methoxy groups -OCH3 is 1. The van der Waals surface area contributed by atoms with Crippen molar-refractivity contribution in [1.29, 1.82) is 0 Å². The molecule has 0 aliphatic heterocycles. The number of ether oxygens (including phenoxy) is 1. The number of phenols is 1. The molecular formula is C12H15ClFNO3. The van der Waals surface area contributed by atoms with Crippen LogP contribution in [-0.4, -0.2) is 18.2 Å². The lowest BCUT2D eigenvalue weighted by Gasteiger charge is -2.29. The van der Waals surface area contributed by atoms with Gasteiger partial charge in [0.2, 0.25) is 0 Å². The topological polar surface area (TPSA) is 72.5 Å². The number of phenolic OH excluding ortho intramolecular Hbond substituents is 1. The molecule has 6 heteroatoms. The van der Waals surface area contributed by atoms with Gasteiger partial charge in [-0.15, -0.1) is 0 Å². The van der Waals surface area contributed by atoms with Crippen LogP contribution >= 0.6 is 11.6 Å². The van der Waals surface area contributed by atoms with Crippen molar-refractivity contribution in [2.75, 3.05) is 7.11 Å². The minimum atomic E-state index is -1.15. The van der Waals surface area contributed by atoms with Gasteiger partial charge in [0.1, 0.15) is 0 Å². The van der Waals surface area contributed by atoms with Crippen LogP contribution in [0.2, 0.25) is 5.02 Å². The van der Waals surface area contributed by atoms with Crippen molar-refractivity contribution >= 4 is 17.6 Å². The van der Waals surface area contributed by atoms with E-state index in [9.17, 15) is 14.3 Å². The van der Waals surface area contributed by atoms with Gasteiger partial charge in [0, 0.05) is 10.6 Å². The number of hydrogen-bond acceptors (Lipinski definition) is 4. The van der Waals surface area contributed by atoms with Crippen LogP contribution in [0.15, 0.2) is 12.1 Å². The molecule has 0 amide bonds. The summed E-state index contributed by atoms with van der Waals surface area (Å²) in [5.41, 5.74) is 4.75. The first kappa shape index (κ1) is 14.7. The van der Waals surface area contributed by atoms with Gasteiger partial charge in [-0.05, 0) is 26.0 Å². The first-order valence-electron chi connectivity index (χ1n) is 5.24. The lowest BCUT2D eigenvalue weighted by Crippen LogP contribution is -2.37. The molecule has 0 saturated carbocycles. The summed E-state index contributed by atoms with van der Waals surface area (Å²) in [6.45, 7) is 3.06. The van der Waals surface area contributed by atoms with Crippen molar-refractivity contribution in [2.45, 2.75) is 19.9 Å². The molecule has 0 fully saturated rings. The number of carbonyl (C=O) groups excluding carboxylic acids is 1. The van der Waals surface area contributed by atoms with Gasteiger partial charge in [-0.2, -0.15) is 0 Å². The van der Waals surface area contributed by atoms with E-state index < -0.39 is 29.0 Å². The highest BCUT2D eigenvalue weighted by atomic mass is 35.5. The Kier molecular flexibility index (Phi) is 4.19. The quantitative estimate of drug-likeness (QED) is 0.831. The van der Waals surface area contributed by atoms with Crippen LogP contribution < -0.4 is 5.73 Å². The van der Waals surface area contributed by atoms with E-state index in [4.69, 9.17) is 17.3 Å². The second kappa shape index (κ2) is 5.12. The Hall–Kier alpha value is -1.33. The normalized spacial score (nSPS) is 13.2. The second-order valence-electron chi connectivity index (χ2n) is 4.48. The molecule has 1 rings (SSSR count). The maximum Gasteiger partial charge on any atom is 0.313 e. The lowest BCUT2D eigenvalue weighted by molar-refractivity contribution is -0.152. The highest BCUT2D eigenvalue weighted by molar-refractivity contribution is 6.31. The highest BCUT2D eigenvalue weighted by Crippen LogP contribution is 2.41. The van der Waals surface area contributed by atoms with E-state index in [1.807, 2.05) is 0 Å². The summed E-state index contributed by atoms with van der Waals surface area (Å²) in [5.74, 6) is -2.06. The van der Waals surface area contributed by atoms with Gasteiger partial charge < -0.3 is 15.6 Å². The second-order valence-corrected chi connectivity index (χ2v) is 4.89. The maximum atomic E-state index is 13.3. The van der Waals surface area contributed by atoms with Crippen LogP contribution in [0.3, 0.4) is 0 Å². The van der Waals surface area contributed by atoms with Crippen molar-refractivity contribution in [3.63, 3.8) is 0 Å². The fraction of sp³-hybridized carbons (Fsp3) is 0.417. The van der Waals surface area contributed by atoms with Gasteiger partial charge >= 0.3 is 5.97 Å². The van der Waals surface area contributed by atoms with Gasteiger partial charge in [-0.1, -0.05) is 11.6 Å². The van der Waals surface area contributed by atoms with E-state index in [1.54, 1.807) is 0 Å². The van der Waals surface area contributed by atoms with Crippen LogP contribution in [0.25, 0.3) is 0 Å². The molecule has 0 radical (unpaired) electrons. The summed E-state index contributed by atoms with van der Waals surface area (Å²) in [6.07, 6.45) is 0. The minimum absolute atomic E-state index is 0.00735. The molecule has 0 bridgehead atoms. The van der Waals surface area contributed by atoms with Crippen LogP contribution in [0, 0.1) is 11.2 Å². The van der Waals surface area contributed by atoms with Crippen LogP contribution in [-0.2, 0) is 9.53 Å². The smallest absolute Gasteiger partial charge is 0.313 e. The van der Waals surface area contributed by atoms with Gasteiger partial charge in [0.05, 0.1) is 18.6 Å². The zero-order chi connectivity index (χ0) is 14.1. The summed E-state index contributed by atoms with van der Waals surface area (Å²) >= 11 is 5.89. The molecule has 1 aromatic rings. The molecule has 0 spiro atoms. The molecule has 3 N–H and O–H groups in total. The molecule has 1 atom stereocenters. The third-order valence-corrected chi connectivity index (χ3v) is 3.24. The van der Waals surface area contributed by atoms with E-state index in [1.165, 1.54) is 27.0 Å². The van der Waals surface area contributed by atoms with E-state index in [-0.39, 0.29) is 10.6 Å². The summed E-state index contributed by atoms with van der Waals surface area (Å²) in [4.78, 5) is 11.6. The predicted molar refractivity (Wildman–Crippen MR) is 65.8 cm³/mol. The standard InChI is InChI=1S/C12H15ClFNO3/c1-12(2,11(17)18-3)10(15)8-6(13)4-5-7(14)9(8)16/h4-5,10,16H,15H2,1-3H3/t10-/m0/s1. The summed E-state index contributed by atoms with van der Waals surface area (Å²) in [7, 11) is 1.23. The largest absolute Gasteiger partial charge is 0.505 e. The molecular weight excluding hydrogens is 261 g/mol. The summed E-state index contributed by atoms with van der Waals surface area (Å²) in [6, 6.07) is 1.31. The molecule has 4 nitrogen and oxygen atoms in total. The Morgan fingerprint density at radius 2 is 2.11 bits per heavy atom. The Bertz CT molecular complexity index is 477. The average Bonchev–Trinajstić information content (AvgIpc) is 2.33. The fourth-order valence-corrected chi connectivity index (χ4v) is 1.87. The number of rotatable bonds is 3. The number of carbonyl (C=O) groups is 1. The minimum Gasteiger partial charge on any atom is -0.505 e. The van der Waals surface area contributed by atoms with Crippen molar-refractivity contribution in [3.05, 3.63) is 28.5 Å². The molecule has 0 aromatic heterocycles. The van der Waals surface area contributed by atoms with Crippen molar-refractivity contribution in [1.82, 2.24) is 0 Å². The molecule has 18 heavy (non-hydrogen) atoms. The Morgan fingerprint density at radius 3 is 2.61 bits per heavy atom. The molecule has 1 aromatic carbocycles. The van der Waals surface area contributed by atoms with Crippen molar-refractivity contribution < 1.29 is 19.0 Å². The van der Waals surface area contributed by atoms with Crippen LogP contribution in [0.5, 0.6) is 5.75 Å². The van der Waals surface area contributed by atoms with E-state index in [0.717, 1.165) is 6.07 Å². The Labute approximate surface area is 109 Å². The number of halogens is 2. The number of nitrogens with two attached hydrogens (primary N) is 1. The zero-order valence-electron chi connectivity index (χ0n) is 10.3. The average molecular weight is 276 g/mol. The predicted octanol–water partition coefficient (Wildman–Crippen LogP) is 2.38. The van der Waals surface area contributed by atoms with E-state index in [0.29, 0.717) is 0 Å². The fourth-order valence-electron chi connectivity index (χ4n) is 1.60. The van der Waals surface area contributed by atoms with Crippen LogP contribution in [0.4, 0.5) is 4.39 Å². The summed E-state index contributed by atoms with van der Waals surface area (Å²) in [5, 5.41) is 9.77. The van der Waals surface area contributed by atoms with Crippen molar-refractivity contribution in [3.8, 4) is 5.75 Å². The number of benzene rings is 1. The third-order valence-electron chi connectivity index (χ3n) is 2.91. The molecule has 0 heterocycles. The van der Waals surface area contributed by atoms with E-state index >= 15 is 0 Å². The number of esters is 1. The zero-order valence-corrected chi connectivity index (χ0v) is 11.1. The third kappa shape index (κ3) is 2.42. The lowest BCUT2D eigenvalue weighted by atomic mass is 9.80. The first-order valence-corrected chi connectivity index (χ1v) is 5.62. The van der Waals surface area contributed by atoms with Crippen LogP contribution in [0.1, 0.15) is 25.5 Å². The SMILES string of the molecule is COC(=O)C(C)(C)[C@@H](N)c1c(Cl)ccc(F)c1O. The maximum absolute atomic E-state index is 13.3. The van der Waals surface area contributed by atoms with Gasteiger partial charge in [0.15, 0.2) is 11.6 Å². The molecule has 0 saturated heterocycles. The van der Waals surface area contributed by atoms with E-state index in [2.05, 4.69) is 4.74 Å². The Morgan fingerprint density at radius 1 is 1.56 bits per heavy atom. The molecule has 0 aliphatic carbocycles.